The second-order valence-electron chi connectivity index (χ2n) is 5.69. The van der Waals surface area contributed by atoms with Crippen LogP contribution in [0.25, 0.3) is 0 Å². The molecule has 0 atom stereocenters. The fourth-order valence-corrected chi connectivity index (χ4v) is 2.07. The van der Waals surface area contributed by atoms with E-state index in [1.807, 2.05) is 0 Å². The number of aromatic nitrogens is 2. The average Bonchev–Trinajstić information content (AvgIpc) is 2.53. The number of hydrogen-bond acceptors (Lipinski definition) is 6. The fourth-order valence-electron chi connectivity index (χ4n) is 2.07. The van der Waals surface area contributed by atoms with Gasteiger partial charge in [-0.05, 0) is 12.1 Å². The Morgan fingerprint density at radius 3 is 2.35 bits per heavy atom. The highest BCUT2D eigenvalue weighted by Crippen LogP contribution is 2.28. The van der Waals surface area contributed by atoms with Crippen molar-refractivity contribution in [3.8, 4) is 5.75 Å². The molecule has 2 aromatic rings. The molecule has 0 saturated carbocycles. The number of rotatable bonds is 5. The number of alkyl halides is 3. The third-order valence-corrected chi connectivity index (χ3v) is 3.19. The van der Waals surface area contributed by atoms with Crippen molar-refractivity contribution in [1.29, 1.82) is 0 Å². The maximum Gasteiger partial charge on any atom is 0.573 e. The fraction of sp³-hybridized carbons (Fsp3) is 0.312. The number of hydrogen-bond donors (Lipinski definition) is 1. The van der Waals surface area contributed by atoms with Crippen LogP contribution in [0.4, 0.5) is 30.6 Å². The van der Waals surface area contributed by atoms with Crippen LogP contribution in [0.2, 0.25) is 0 Å². The van der Waals surface area contributed by atoms with Gasteiger partial charge in [0.15, 0.2) is 5.82 Å². The van der Waals surface area contributed by atoms with Crippen molar-refractivity contribution in [3.05, 3.63) is 36.0 Å². The Bertz CT molecular complexity index is 794. The number of amides is 1. The van der Waals surface area contributed by atoms with Crippen LogP contribution < -0.4 is 19.9 Å². The second-order valence-corrected chi connectivity index (χ2v) is 5.69. The Labute approximate surface area is 148 Å². The van der Waals surface area contributed by atoms with Gasteiger partial charge in [-0.3, -0.25) is 4.79 Å². The Morgan fingerprint density at radius 1 is 1.12 bits per heavy atom. The van der Waals surface area contributed by atoms with Crippen LogP contribution >= 0.6 is 0 Å². The van der Waals surface area contributed by atoms with Gasteiger partial charge in [-0.1, -0.05) is 12.1 Å². The Balaban J connectivity index is 2.34. The largest absolute Gasteiger partial charge is 0.573 e. The van der Waals surface area contributed by atoms with E-state index in [4.69, 9.17) is 0 Å². The minimum atomic E-state index is -4.90. The van der Waals surface area contributed by atoms with Crippen LogP contribution in [0.5, 0.6) is 5.75 Å². The predicted octanol–water partition coefficient (Wildman–Crippen LogP) is 2.76. The number of halogens is 3. The van der Waals surface area contributed by atoms with Gasteiger partial charge >= 0.3 is 6.36 Å². The Morgan fingerprint density at radius 2 is 1.77 bits per heavy atom. The van der Waals surface area contributed by atoms with Crippen molar-refractivity contribution in [3.63, 3.8) is 0 Å². The molecule has 7 nitrogen and oxygen atoms in total. The highest BCUT2D eigenvalue weighted by atomic mass is 19.4. The van der Waals surface area contributed by atoms with Crippen molar-refractivity contribution in [2.45, 2.75) is 6.36 Å². The van der Waals surface area contributed by atoms with Gasteiger partial charge in [-0.15, -0.1) is 13.2 Å². The van der Waals surface area contributed by atoms with Gasteiger partial charge in [0.2, 0.25) is 5.95 Å². The van der Waals surface area contributed by atoms with Gasteiger partial charge in [0.25, 0.3) is 5.91 Å². The zero-order valence-electron chi connectivity index (χ0n) is 14.6. The van der Waals surface area contributed by atoms with Crippen LogP contribution in [0.3, 0.4) is 0 Å². The summed E-state index contributed by atoms with van der Waals surface area (Å²) in [6.07, 6.45) is -3.51. The normalized spacial score (nSPS) is 11.0. The zero-order chi connectivity index (χ0) is 19.5. The topological polar surface area (TPSA) is 70.6 Å². The number of nitrogens with zero attached hydrogens (tertiary/aromatic N) is 4. The number of ether oxygens (including phenoxy) is 1. The molecule has 1 heterocycles. The molecule has 140 valence electrons. The Kier molecular flexibility index (Phi) is 5.53. The first-order valence-electron chi connectivity index (χ1n) is 7.46. The van der Waals surface area contributed by atoms with E-state index in [2.05, 4.69) is 20.0 Å². The lowest BCUT2D eigenvalue weighted by Gasteiger charge is -2.19. The van der Waals surface area contributed by atoms with Crippen molar-refractivity contribution >= 4 is 23.4 Å². The summed E-state index contributed by atoms with van der Waals surface area (Å²) >= 11 is 0. The van der Waals surface area contributed by atoms with E-state index in [1.165, 1.54) is 24.4 Å². The molecule has 1 aromatic carbocycles. The molecular formula is C16H18F3N5O2. The first kappa shape index (κ1) is 19.3. The molecule has 26 heavy (non-hydrogen) atoms. The lowest BCUT2D eigenvalue weighted by molar-refractivity contribution is -0.274. The zero-order valence-corrected chi connectivity index (χ0v) is 14.6. The number of carbonyl (C=O) groups excluding carboxylic acids is 1. The van der Waals surface area contributed by atoms with E-state index in [-0.39, 0.29) is 11.3 Å². The first-order chi connectivity index (χ1) is 12.1. The van der Waals surface area contributed by atoms with Crippen LogP contribution in [0.1, 0.15) is 10.4 Å². The van der Waals surface area contributed by atoms with Gasteiger partial charge < -0.3 is 19.9 Å². The van der Waals surface area contributed by atoms with E-state index >= 15 is 0 Å². The van der Waals surface area contributed by atoms with Gasteiger partial charge in [-0.2, -0.15) is 4.98 Å². The molecule has 1 N–H and O–H groups in total. The molecule has 0 aliphatic carbocycles. The van der Waals surface area contributed by atoms with E-state index < -0.39 is 18.0 Å². The number of carbonyl (C=O) groups is 1. The van der Waals surface area contributed by atoms with E-state index in [0.29, 0.717) is 11.8 Å². The van der Waals surface area contributed by atoms with E-state index in [9.17, 15) is 18.0 Å². The maximum atomic E-state index is 12.5. The summed E-state index contributed by atoms with van der Waals surface area (Å²) in [5.41, 5.74) is -0.00127. The highest BCUT2D eigenvalue weighted by Gasteiger charge is 2.33. The molecule has 1 amide bonds. The highest BCUT2D eigenvalue weighted by molar-refractivity contribution is 6.07. The van der Waals surface area contributed by atoms with Crippen molar-refractivity contribution < 1.29 is 22.7 Å². The van der Waals surface area contributed by atoms with Crippen LogP contribution in [0.15, 0.2) is 30.5 Å². The summed E-state index contributed by atoms with van der Waals surface area (Å²) < 4.78 is 41.5. The van der Waals surface area contributed by atoms with E-state index in [1.54, 1.807) is 38.0 Å². The van der Waals surface area contributed by atoms with E-state index in [0.717, 1.165) is 6.07 Å². The van der Waals surface area contributed by atoms with Gasteiger partial charge in [0.1, 0.15) is 11.4 Å². The molecule has 0 unspecified atom stereocenters. The molecule has 2 rings (SSSR count). The van der Waals surface area contributed by atoms with Crippen LogP contribution in [-0.2, 0) is 0 Å². The molecule has 0 bridgehead atoms. The predicted molar refractivity (Wildman–Crippen MR) is 91.8 cm³/mol. The van der Waals surface area contributed by atoms with Gasteiger partial charge in [0.05, 0.1) is 11.8 Å². The van der Waals surface area contributed by atoms with Crippen molar-refractivity contribution in [2.24, 2.45) is 0 Å². The summed E-state index contributed by atoms with van der Waals surface area (Å²) in [5.74, 6) is -0.525. The molecular weight excluding hydrogens is 351 g/mol. The first-order valence-corrected chi connectivity index (χ1v) is 7.46. The van der Waals surface area contributed by atoms with Crippen LogP contribution in [-0.4, -0.2) is 50.4 Å². The molecule has 0 radical (unpaired) electrons. The smallest absolute Gasteiger partial charge is 0.405 e. The molecule has 1 aromatic heterocycles. The average molecular weight is 369 g/mol. The third-order valence-electron chi connectivity index (χ3n) is 3.19. The molecule has 0 saturated heterocycles. The molecule has 10 heteroatoms. The monoisotopic (exact) mass is 369 g/mol. The number of para-hydroxylation sites is 1. The minimum absolute atomic E-state index is 0.257. The summed E-state index contributed by atoms with van der Waals surface area (Å²) in [7, 11) is 6.96. The molecule has 0 fully saturated rings. The quantitative estimate of drug-likeness (QED) is 0.874. The molecule has 0 aliphatic rings. The maximum absolute atomic E-state index is 12.5. The number of nitrogens with one attached hydrogen (secondary N) is 1. The van der Waals surface area contributed by atoms with Gasteiger partial charge in [-0.25, -0.2) is 4.98 Å². The molecule has 0 spiro atoms. The van der Waals surface area contributed by atoms with Crippen molar-refractivity contribution in [2.75, 3.05) is 43.3 Å². The summed E-state index contributed by atoms with van der Waals surface area (Å²) in [4.78, 5) is 24.2. The molecule has 0 aliphatic heterocycles. The number of anilines is 3. The third kappa shape index (κ3) is 4.74. The summed E-state index contributed by atoms with van der Waals surface area (Å²) in [6.45, 7) is 0. The number of benzene rings is 1. The standard InChI is InChI=1S/C16H18F3N5O2/c1-23(2)13-11(9-20-15(22-13)24(3)4)21-14(25)10-7-5-6-8-12(10)26-16(17,18)19/h5-9H,1-4H3,(H,21,25). The van der Waals surface area contributed by atoms with Crippen LogP contribution in [0, 0.1) is 0 Å². The minimum Gasteiger partial charge on any atom is -0.405 e. The lowest BCUT2D eigenvalue weighted by Crippen LogP contribution is -2.23. The van der Waals surface area contributed by atoms with Gasteiger partial charge in [0, 0.05) is 28.2 Å². The summed E-state index contributed by atoms with van der Waals surface area (Å²) in [6, 6.07) is 5.09. The Hall–Kier alpha value is -3.04. The van der Waals surface area contributed by atoms with Crippen molar-refractivity contribution in [1.82, 2.24) is 9.97 Å². The lowest BCUT2D eigenvalue weighted by atomic mass is 10.2. The second kappa shape index (κ2) is 7.46. The summed E-state index contributed by atoms with van der Waals surface area (Å²) in [5, 5.41) is 2.53. The SMILES string of the molecule is CN(C)c1ncc(NC(=O)c2ccccc2OC(F)(F)F)c(N(C)C)n1.